The van der Waals surface area contributed by atoms with Crippen molar-refractivity contribution in [2.45, 2.75) is 19.8 Å². The van der Waals surface area contributed by atoms with Gasteiger partial charge in [0.1, 0.15) is 6.29 Å². The van der Waals surface area contributed by atoms with Gasteiger partial charge in [-0.2, -0.15) is 0 Å². The normalized spacial score (nSPS) is 10.4. The van der Waals surface area contributed by atoms with Crippen LogP contribution in [-0.2, 0) is 9.59 Å². The van der Waals surface area contributed by atoms with E-state index in [1.165, 1.54) is 11.3 Å². The van der Waals surface area contributed by atoms with Gasteiger partial charge in [-0.05, 0) is 18.6 Å². The van der Waals surface area contributed by atoms with Crippen LogP contribution in [0.3, 0.4) is 0 Å². The molecule has 5 heteroatoms. The van der Waals surface area contributed by atoms with Gasteiger partial charge in [0.25, 0.3) is 0 Å². The number of nitrogens with zero attached hydrogens (tertiary/aromatic N) is 1. The molecule has 1 N–H and O–H groups in total. The van der Waals surface area contributed by atoms with Gasteiger partial charge in [0.05, 0.1) is 10.2 Å². The van der Waals surface area contributed by atoms with Crippen LogP contribution in [0.25, 0.3) is 10.2 Å². The summed E-state index contributed by atoms with van der Waals surface area (Å²) in [5.74, 6) is -0.172. The van der Waals surface area contributed by atoms with Crippen LogP contribution in [-0.4, -0.2) is 17.2 Å². The van der Waals surface area contributed by atoms with Gasteiger partial charge in [0.15, 0.2) is 5.13 Å². The summed E-state index contributed by atoms with van der Waals surface area (Å²) in [6.07, 6.45) is 1.19. The Bertz CT molecular complexity index is 563. The molecule has 17 heavy (non-hydrogen) atoms. The Kier molecular flexibility index (Phi) is 3.49. The highest BCUT2D eigenvalue weighted by Crippen LogP contribution is 2.27. The van der Waals surface area contributed by atoms with Crippen LogP contribution in [0.1, 0.15) is 18.4 Å². The highest BCUT2D eigenvalue weighted by Gasteiger charge is 2.08. The van der Waals surface area contributed by atoms with Crippen LogP contribution in [0.15, 0.2) is 18.2 Å². The zero-order valence-corrected chi connectivity index (χ0v) is 10.2. The van der Waals surface area contributed by atoms with E-state index in [1.807, 2.05) is 25.1 Å². The van der Waals surface area contributed by atoms with Crippen molar-refractivity contribution in [3.05, 3.63) is 23.8 Å². The molecule has 0 bridgehead atoms. The van der Waals surface area contributed by atoms with E-state index in [-0.39, 0.29) is 18.7 Å². The third-order valence-corrected chi connectivity index (χ3v) is 3.29. The largest absolute Gasteiger partial charge is 0.303 e. The third-order valence-electron chi connectivity index (χ3n) is 2.36. The zero-order chi connectivity index (χ0) is 12.3. The van der Waals surface area contributed by atoms with Crippen molar-refractivity contribution in [3.63, 3.8) is 0 Å². The lowest BCUT2D eigenvalue weighted by Gasteiger charge is -1.97. The highest BCUT2D eigenvalue weighted by atomic mass is 32.1. The first-order valence-corrected chi connectivity index (χ1v) is 6.12. The number of fused-ring (bicyclic) bond motifs is 1. The first-order valence-electron chi connectivity index (χ1n) is 5.30. The molecule has 0 unspecified atom stereocenters. The van der Waals surface area contributed by atoms with E-state index in [4.69, 9.17) is 0 Å². The SMILES string of the molecule is Cc1cccc2sc(NC(=O)CCC=O)nc12. The van der Waals surface area contributed by atoms with E-state index in [9.17, 15) is 9.59 Å². The van der Waals surface area contributed by atoms with E-state index in [2.05, 4.69) is 10.3 Å². The summed E-state index contributed by atoms with van der Waals surface area (Å²) >= 11 is 1.44. The number of aldehydes is 1. The fourth-order valence-electron chi connectivity index (χ4n) is 1.51. The van der Waals surface area contributed by atoms with Crippen LogP contribution in [0.2, 0.25) is 0 Å². The summed E-state index contributed by atoms with van der Waals surface area (Å²) in [6.45, 7) is 1.99. The van der Waals surface area contributed by atoms with Crippen LogP contribution in [0.5, 0.6) is 0 Å². The summed E-state index contributed by atoms with van der Waals surface area (Å²) in [5.41, 5.74) is 2.01. The Morgan fingerprint density at radius 3 is 3.06 bits per heavy atom. The number of aromatic nitrogens is 1. The van der Waals surface area contributed by atoms with E-state index in [1.54, 1.807) is 0 Å². The van der Waals surface area contributed by atoms with Crippen LogP contribution in [0, 0.1) is 6.92 Å². The lowest BCUT2D eigenvalue weighted by Crippen LogP contribution is -2.10. The molecule has 0 atom stereocenters. The first kappa shape index (κ1) is 11.7. The monoisotopic (exact) mass is 248 g/mol. The number of benzene rings is 1. The Labute approximate surface area is 103 Å². The molecule has 0 aliphatic heterocycles. The molecule has 1 amide bonds. The zero-order valence-electron chi connectivity index (χ0n) is 9.40. The minimum absolute atomic E-state index is 0.172. The molecular formula is C12H12N2O2S. The molecule has 1 aromatic heterocycles. The van der Waals surface area contributed by atoms with Gasteiger partial charge < -0.3 is 10.1 Å². The Hall–Kier alpha value is -1.75. The van der Waals surface area contributed by atoms with Gasteiger partial charge in [-0.25, -0.2) is 4.98 Å². The lowest BCUT2D eigenvalue weighted by atomic mass is 10.2. The van der Waals surface area contributed by atoms with Gasteiger partial charge in [-0.15, -0.1) is 0 Å². The Balaban J connectivity index is 2.17. The number of nitrogens with one attached hydrogen (secondary N) is 1. The summed E-state index contributed by atoms with van der Waals surface area (Å²) < 4.78 is 1.05. The number of carbonyl (C=O) groups excluding carboxylic acids is 2. The number of para-hydroxylation sites is 1. The summed E-state index contributed by atoms with van der Waals surface area (Å²) in [5, 5.41) is 3.29. The second-order valence-corrected chi connectivity index (χ2v) is 4.72. The van der Waals surface area contributed by atoms with Gasteiger partial charge >= 0.3 is 0 Å². The number of rotatable bonds is 4. The average Bonchev–Trinajstić information content (AvgIpc) is 2.70. The van der Waals surface area contributed by atoms with Gasteiger partial charge in [0.2, 0.25) is 5.91 Å². The van der Waals surface area contributed by atoms with E-state index in [0.717, 1.165) is 22.1 Å². The number of aryl methyl sites for hydroxylation is 1. The number of thiazole rings is 1. The molecule has 2 rings (SSSR count). The maximum atomic E-state index is 11.4. The number of hydrogen-bond donors (Lipinski definition) is 1. The maximum absolute atomic E-state index is 11.4. The molecular weight excluding hydrogens is 236 g/mol. The summed E-state index contributed by atoms with van der Waals surface area (Å²) in [6, 6.07) is 5.93. The van der Waals surface area contributed by atoms with E-state index >= 15 is 0 Å². The molecule has 0 radical (unpaired) electrons. The highest BCUT2D eigenvalue weighted by molar-refractivity contribution is 7.22. The molecule has 1 aromatic carbocycles. The minimum atomic E-state index is -0.172. The smallest absolute Gasteiger partial charge is 0.226 e. The van der Waals surface area contributed by atoms with Gasteiger partial charge in [0, 0.05) is 12.8 Å². The van der Waals surface area contributed by atoms with E-state index < -0.39 is 0 Å². The fraction of sp³-hybridized carbons (Fsp3) is 0.250. The van der Waals surface area contributed by atoms with Crippen molar-refractivity contribution >= 4 is 38.9 Å². The molecule has 0 spiro atoms. The third kappa shape index (κ3) is 2.68. The van der Waals surface area contributed by atoms with Crippen molar-refractivity contribution in [1.29, 1.82) is 0 Å². The summed E-state index contributed by atoms with van der Waals surface area (Å²) in [7, 11) is 0. The second-order valence-electron chi connectivity index (χ2n) is 3.69. The van der Waals surface area contributed by atoms with Crippen LogP contribution >= 0.6 is 11.3 Å². The maximum Gasteiger partial charge on any atom is 0.226 e. The average molecular weight is 248 g/mol. The van der Waals surface area contributed by atoms with Crippen molar-refractivity contribution in [2.24, 2.45) is 0 Å². The van der Waals surface area contributed by atoms with Crippen LogP contribution in [0.4, 0.5) is 5.13 Å². The van der Waals surface area contributed by atoms with Crippen LogP contribution < -0.4 is 5.32 Å². The predicted molar refractivity (Wildman–Crippen MR) is 68.3 cm³/mol. The van der Waals surface area contributed by atoms with E-state index in [0.29, 0.717) is 5.13 Å². The molecule has 2 aromatic rings. The van der Waals surface area contributed by atoms with Crippen molar-refractivity contribution in [3.8, 4) is 0 Å². The summed E-state index contributed by atoms with van der Waals surface area (Å²) in [4.78, 5) is 25.9. The molecule has 0 aliphatic rings. The Morgan fingerprint density at radius 1 is 1.53 bits per heavy atom. The number of anilines is 1. The number of carbonyl (C=O) groups is 2. The van der Waals surface area contributed by atoms with Crippen molar-refractivity contribution in [2.75, 3.05) is 5.32 Å². The molecule has 1 heterocycles. The standard InChI is InChI=1S/C12H12N2O2S/c1-8-4-2-5-9-11(8)14-12(17-9)13-10(16)6-3-7-15/h2,4-5,7H,3,6H2,1H3,(H,13,14,16). The second kappa shape index (κ2) is 5.05. The number of amides is 1. The van der Waals surface area contributed by atoms with Crippen molar-refractivity contribution < 1.29 is 9.59 Å². The molecule has 0 saturated carbocycles. The molecule has 4 nitrogen and oxygen atoms in total. The number of hydrogen-bond acceptors (Lipinski definition) is 4. The Morgan fingerprint density at radius 2 is 2.35 bits per heavy atom. The first-order chi connectivity index (χ1) is 8.20. The fourth-order valence-corrected chi connectivity index (χ4v) is 2.47. The molecule has 0 saturated heterocycles. The van der Waals surface area contributed by atoms with Gasteiger partial charge in [-0.1, -0.05) is 23.5 Å². The quantitative estimate of drug-likeness (QED) is 0.846. The molecule has 0 aliphatic carbocycles. The molecule has 0 fully saturated rings. The molecule has 88 valence electrons. The topological polar surface area (TPSA) is 59.1 Å². The predicted octanol–water partition coefficient (Wildman–Crippen LogP) is 2.52. The lowest BCUT2D eigenvalue weighted by molar-refractivity contribution is -0.118. The van der Waals surface area contributed by atoms with Gasteiger partial charge in [-0.3, -0.25) is 4.79 Å². The van der Waals surface area contributed by atoms with Crippen molar-refractivity contribution in [1.82, 2.24) is 4.98 Å². The minimum Gasteiger partial charge on any atom is -0.303 e.